The number of phenolic OH excluding ortho intramolecular Hbond substituents is 1. The molecule has 2 saturated heterocycles. The van der Waals surface area contributed by atoms with E-state index < -0.39 is 152 Å². The number of rotatable bonds is 20. The number of nitrogens with zero attached hydrogens (tertiary/aromatic N) is 2. The van der Waals surface area contributed by atoms with E-state index in [0.717, 1.165) is 35.8 Å². The molecular weight excluding hydrogens is 899 g/mol. The number of hydrogen-bond donors (Lipinski definition) is 14. The molecule has 372 valence electrons. The van der Waals surface area contributed by atoms with Gasteiger partial charge in [-0.1, -0.05) is 25.0 Å². The number of likely N-dealkylation sites (tertiary alicyclic amines) is 2. The van der Waals surface area contributed by atoms with Crippen molar-refractivity contribution < 1.29 is 84.3 Å². The van der Waals surface area contributed by atoms with E-state index in [9.17, 15) is 79.5 Å². The van der Waals surface area contributed by atoms with Crippen LogP contribution < -0.4 is 31.7 Å². The van der Waals surface area contributed by atoms with E-state index in [1.807, 2.05) is 0 Å². The molecule has 68 heavy (non-hydrogen) atoms. The van der Waals surface area contributed by atoms with Gasteiger partial charge in [-0.05, 0) is 55.8 Å². The zero-order valence-corrected chi connectivity index (χ0v) is 37.5. The number of nitrogens with two attached hydrogens (primary N) is 1. The Kier molecular flexibility index (Phi) is 19.1. The van der Waals surface area contributed by atoms with Crippen LogP contribution in [0.15, 0.2) is 48.5 Å². The van der Waals surface area contributed by atoms with Gasteiger partial charge in [-0.25, -0.2) is 0 Å². The fourth-order valence-corrected chi connectivity index (χ4v) is 7.72. The van der Waals surface area contributed by atoms with Gasteiger partial charge in [-0.15, -0.1) is 0 Å². The number of hydrogen-bond acceptors (Lipinski definition) is 17. The first-order valence-electron chi connectivity index (χ1n) is 21.5. The molecule has 3 unspecified atom stereocenters. The highest BCUT2D eigenvalue weighted by molar-refractivity contribution is 6.00. The Bertz CT molecular complexity index is 2180. The van der Waals surface area contributed by atoms with Crippen molar-refractivity contribution in [3.63, 3.8) is 0 Å². The first-order valence-corrected chi connectivity index (χ1v) is 21.5. The number of aliphatic hydroxyl groups excluding tert-OH is 8. The van der Waals surface area contributed by atoms with Gasteiger partial charge < -0.3 is 87.5 Å². The number of primary amides is 1. The van der Waals surface area contributed by atoms with Crippen molar-refractivity contribution >= 4 is 41.4 Å². The molecule has 7 amide bonds. The lowest BCUT2D eigenvalue weighted by molar-refractivity contribution is -0.147. The first kappa shape index (κ1) is 54.2. The van der Waals surface area contributed by atoms with E-state index in [1.54, 1.807) is 6.92 Å². The lowest BCUT2D eigenvalue weighted by atomic mass is 9.96. The number of benzene rings is 2. The molecule has 2 aromatic carbocycles. The number of carbonyl (C=O) groups excluding carboxylic acids is 7. The molecule has 15 N–H and O–H groups in total. The van der Waals surface area contributed by atoms with Crippen molar-refractivity contribution in [2.45, 2.75) is 120 Å². The summed E-state index contributed by atoms with van der Waals surface area (Å²) in [5, 5.41) is 104. The first-order chi connectivity index (χ1) is 32.0. The Balaban J connectivity index is 1.61. The standard InChI is InChI=1S/C44H59N7O17/c1-5-14-68-28-12-8-24(9-13-28)39(62)46-29(15-27(57)19-52)40(63)47-31(21(3)53)43(66)50-18-26(56)16-30(50)41(64)49-33(37(60)36(59)23-6-10-25(55)11-7-23)42(65)48-32(22(4)54)44(67)51-17-20(2)35(58)34(51)38(45)61/h6-13,20-22,26-27,29-37,52-60H,15-19H2,1-4H3,(H2,45,61)(H,46,62)(H,47,63)(H,48,65)(H,49,64)/t20-,21?,22?,26+,27+,29?,30-,31-,32-,33-,34-,35-,36-,37-/m0/s1. The van der Waals surface area contributed by atoms with Crippen molar-refractivity contribution in [1.29, 1.82) is 0 Å². The molecule has 2 aliphatic rings. The second kappa shape index (κ2) is 24.0. The molecule has 0 saturated carbocycles. The summed E-state index contributed by atoms with van der Waals surface area (Å²) >= 11 is 0. The van der Waals surface area contributed by atoms with Crippen molar-refractivity contribution in [2.24, 2.45) is 11.7 Å². The lowest BCUT2D eigenvalue weighted by Gasteiger charge is -2.34. The SMILES string of the molecule is CC#COc1ccc(C(=O)NC(C[C@@H](O)CO)C(=O)N[C@H](C(=O)N2C[C@H](O)C[C@H]2C(=O)N[C@H](C(=O)N[C@H](C(=O)N2C[C@H](C)[C@H](O)[C@H]2C(N)=O)C(C)O)[C@H](O)[C@@H](O)c2ccc(O)cc2)C(C)O)cc1. The Labute approximate surface area is 390 Å². The summed E-state index contributed by atoms with van der Waals surface area (Å²) in [7, 11) is 0. The predicted molar refractivity (Wildman–Crippen MR) is 234 cm³/mol. The number of nitrogens with one attached hydrogen (secondary N) is 4. The van der Waals surface area contributed by atoms with Gasteiger partial charge in [0.25, 0.3) is 5.91 Å². The van der Waals surface area contributed by atoms with Gasteiger partial charge in [0.1, 0.15) is 66.1 Å². The molecule has 14 atom stereocenters. The number of ether oxygens (including phenoxy) is 1. The average Bonchev–Trinajstić information content (AvgIpc) is 3.85. The zero-order valence-electron chi connectivity index (χ0n) is 37.5. The molecule has 0 bridgehead atoms. The predicted octanol–water partition coefficient (Wildman–Crippen LogP) is -5.44. The third-order valence-corrected chi connectivity index (χ3v) is 11.5. The number of β-amino-alcohol motifs (C(OH)–C–C–N with tert-alkyl or cyclic N) is 1. The van der Waals surface area contributed by atoms with Crippen LogP contribution in [0.5, 0.6) is 11.5 Å². The fourth-order valence-electron chi connectivity index (χ4n) is 7.72. The van der Waals surface area contributed by atoms with Gasteiger partial charge >= 0.3 is 0 Å². The van der Waals surface area contributed by atoms with E-state index in [2.05, 4.69) is 33.3 Å². The van der Waals surface area contributed by atoms with E-state index in [4.69, 9.17) is 10.5 Å². The van der Waals surface area contributed by atoms with Gasteiger partial charge in [0.2, 0.25) is 35.4 Å². The number of carbonyl (C=O) groups is 7. The number of amides is 7. The van der Waals surface area contributed by atoms with Gasteiger partial charge in [-0.3, -0.25) is 33.6 Å². The van der Waals surface area contributed by atoms with Crippen LogP contribution in [0.1, 0.15) is 62.6 Å². The maximum atomic E-state index is 14.2. The highest BCUT2D eigenvalue weighted by atomic mass is 16.5. The van der Waals surface area contributed by atoms with E-state index in [1.165, 1.54) is 43.3 Å². The van der Waals surface area contributed by atoms with Crippen LogP contribution in [-0.4, -0.2) is 190 Å². The summed E-state index contributed by atoms with van der Waals surface area (Å²) < 4.78 is 5.16. The van der Waals surface area contributed by atoms with Crippen LogP contribution in [0.3, 0.4) is 0 Å². The van der Waals surface area contributed by atoms with Gasteiger partial charge in [0, 0.05) is 44.3 Å². The Morgan fingerprint density at radius 1 is 0.794 bits per heavy atom. The monoisotopic (exact) mass is 957 g/mol. The molecule has 24 nitrogen and oxygen atoms in total. The summed E-state index contributed by atoms with van der Waals surface area (Å²) in [6.07, 6.45) is -10.8. The number of aromatic hydroxyl groups is 1. The maximum absolute atomic E-state index is 14.2. The summed E-state index contributed by atoms with van der Waals surface area (Å²) in [6.45, 7) is 3.62. The maximum Gasteiger partial charge on any atom is 0.251 e. The van der Waals surface area contributed by atoms with Crippen molar-refractivity contribution in [1.82, 2.24) is 31.1 Å². The van der Waals surface area contributed by atoms with Crippen LogP contribution in [0.25, 0.3) is 0 Å². The van der Waals surface area contributed by atoms with Crippen LogP contribution in [0.4, 0.5) is 0 Å². The molecule has 2 aromatic rings. The minimum Gasteiger partial charge on any atom is -0.508 e. The smallest absolute Gasteiger partial charge is 0.251 e. The van der Waals surface area contributed by atoms with Crippen molar-refractivity contribution in [3.05, 3.63) is 59.7 Å². The summed E-state index contributed by atoms with van der Waals surface area (Å²) in [5.41, 5.74) is 5.41. The van der Waals surface area contributed by atoms with Gasteiger partial charge in [0.05, 0.1) is 37.1 Å². The molecule has 2 fully saturated rings. The molecule has 4 rings (SSSR count). The van der Waals surface area contributed by atoms with E-state index >= 15 is 0 Å². The van der Waals surface area contributed by atoms with Crippen LogP contribution in [0.2, 0.25) is 0 Å². The molecule has 0 radical (unpaired) electrons. The summed E-state index contributed by atoms with van der Waals surface area (Å²) in [4.78, 5) is 97.2. The Hall–Kier alpha value is -6.43. The highest BCUT2D eigenvalue weighted by Gasteiger charge is 2.49. The van der Waals surface area contributed by atoms with Crippen molar-refractivity contribution in [3.8, 4) is 23.5 Å². The van der Waals surface area contributed by atoms with E-state index in [0.29, 0.717) is 5.75 Å². The fraction of sp³-hybridized carbons (Fsp3) is 0.523. The normalized spacial score (nSPS) is 22.9. The molecule has 0 spiro atoms. The van der Waals surface area contributed by atoms with Crippen LogP contribution >= 0.6 is 0 Å². The highest BCUT2D eigenvalue weighted by Crippen LogP contribution is 2.27. The largest absolute Gasteiger partial charge is 0.508 e. The molecule has 24 heteroatoms. The molecular formula is C44H59N7O17. The number of phenols is 1. The lowest BCUT2D eigenvalue weighted by Crippen LogP contribution is -2.64. The third kappa shape index (κ3) is 13.4. The molecule has 0 aromatic heterocycles. The second-order valence-corrected chi connectivity index (χ2v) is 16.7. The summed E-state index contributed by atoms with van der Waals surface area (Å²) in [6, 6.07) is -0.778. The summed E-state index contributed by atoms with van der Waals surface area (Å²) in [5.74, 6) is -6.01. The second-order valence-electron chi connectivity index (χ2n) is 16.7. The minimum atomic E-state index is -2.29. The van der Waals surface area contributed by atoms with Gasteiger partial charge in [0.15, 0.2) is 0 Å². The van der Waals surface area contributed by atoms with E-state index in [-0.39, 0.29) is 23.4 Å². The Morgan fingerprint density at radius 3 is 1.91 bits per heavy atom. The molecule has 2 aliphatic heterocycles. The third-order valence-electron chi connectivity index (χ3n) is 11.5. The van der Waals surface area contributed by atoms with Gasteiger partial charge in [-0.2, -0.15) is 0 Å². The quantitative estimate of drug-likeness (QED) is 0.0551. The topological polar surface area (TPSA) is 391 Å². The van der Waals surface area contributed by atoms with Crippen LogP contribution in [-0.2, 0) is 28.8 Å². The minimum absolute atomic E-state index is 0.0274. The average molecular weight is 958 g/mol. The Morgan fingerprint density at radius 2 is 1.37 bits per heavy atom. The van der Waals surface area contributed by atoms with Crippen LogP contribution in [0, 0.1) is 17.9 Å². The zero-order chi connectivity index (χ0) is 50.7. The van der Waals surface area contributed by atoms with Crippen molar-refractivity contribution in [2.75, 3.05) is 19.7 Å². The molecule has 2 heterocycles. The molecule has 0 aliphatic carbocycles. The number of aliphatic hydroxyl groups is 8.